The predicted molar refractivity (Wildman–Crippen MR) is 49.1 cm³/mol. The van der Waals surface area contributed by atoms with Gasteiger partial charge < -0.3 is 10.2 Å². The lowest BCUT2D eigenvalue weighted by Gasteiger charge is -2.32. The van der Waals surface area contributed by atoms with E-state index in [1.165, 1.54) is 6.92 Å². The van der Waals surface area contributed by atoms with E-state index < -0.39 is 5.54 Å². The van der Waals surface area contributed by atoms with E-state index in [2.05, 4.69) is 5.32 Å². The highest BCUT2D eigenvalue weighted by molar-refractivity contribution is 5.90. The van der Waals surface area contributed by atoms with Gasteiger partial charge >= 0.3 is 0 Å². The van der Waals surface area contributed by atoms with E-state index in [0.29, 0.717) is 6.54 Å². The van der Waals surface area contributed by atoms with Gasteiger partial charge in [-0.15, -0.1) is 0 Å². The minimum absolute atomic E-state index is 0.0244. The van der Waals surface area contributed by atoms with Gasteiger partial charge in [0.15, 0.2) is 0 Å². The molecule has 1 rings (SSSR count). The Kier molecular flexibility index (Phi) is 2.59. The third-order valence-electron chi connectivity index (χ3n) is 2.74. The van der Waals surface area contributed by atoms with Crippen LogP contribution in [0.5, 0.6) is 0 Å². The van der Waals surface area contributed by atoms with Crippen LogP contribution >= 0.6 is 0 Å². The molecular formula is C9H16N2O2. The second-order valence-electron chi connectivity index (χ2n) is 3.63. The maximum atomic E-state index is 11.5. The van der Waals surface area contributed by atoms with Gasteiger partial charge in [0.25, 0.3) is 0 Å². The molecule has 13 heavy (non-hydrogen) atoms. The maximum absolute atomic E-state index is 11.5. The van der Waals surface area contributed by atoms with Crippen molar-refractivity contribution in [1.29, 1.82) is 0 Å². The monoisotopic (exact) mass is 184 g/mol. The minimum atomic E-state index is -0.624. The third-order valence-corrected chi connectivity index (χ3v) is 2.74. The number of nitrogens with one attached hydrogen (secondary N) is 1. The summed E-state index contributed by atoms with van der Waals surface area (Å²) in [6, 6.07) is 0. The quantitative estimate of drug-likeness (QED) is 0.630. The van der Waals surface area contributed by atoms with Crippen molar-refractivity contribution in [2.24, 2.45) is 0 Å². The second-order valence-corrected chi connectivity index (χ2v) is 3.63. The number of amides is 2. The first-order valence-electron chi connectivity index (χ1n) is 4.53. The van der Waals surface area contributed by atoms with Gasteiger partial charge in [-0.05, 0) is 19.8 Å². The molecule has 4 heteroatoms. The fourth-order valence-electron chi connectivity index (χ4n) is 1.97. The Morgan fingerprint density at radius 2 is 2.08 bits per heavy atom. The summed E-state index contributed by atoms with van der Waals surface area (Å²) in [5.74, 6) is -0.0937. The standard InChI is InChI=1S/C9H16N2O2/c1-7(12)11-6-4-5-9(11,2)8(13)10-3/h4-6H2,1-3H3,(H,10,13)/t9-/m1/s1. The highest BCUT2D eigenvalue weighted by atomic mass is 16.2. The number of carbonyl (C=O) groups is 2. The first-order chi connectivity index (χ1) is 6.02. The molecule has 0 radical (unpaired) electrons. The third kappa shape index (κ3) is 1.53. The normalized spacial score (nSPS) is 27.5. The molecule has 4 nitrogen and oxygen atoms in total. The summed E-state index contributed by atoms with van der Waals surface area (Å²) in [5, 5.41) is 2.60. The van der Waals surface area contributed by atoms with Gasteiger partial charge in [-0.2, -0.15) is 0 Å². The van der Waals surface area contributed by atoms with Gasteiger partial charge in [0.1, 0.15) is 5.54 Å². The molecule has 0 spiro atoms. The summed E-state index contributed by atoms with van der Waals surface area (Å²) in [7, 11) is 1.60. The van der Waals surface area contributed by atoms with Crippen molar-refractivity contribution >= 4 is 11.8 Å². The van der Waals surface area contributed by atoms with Crippen molar-refractivity contribution in [3.8, 4) is 0 Å². The number of rotatable bonds is 1. The number of hydrogen-bond acceptors (Lipinski definition) is 2. The molecule has 1 N–H and O–H groups in total. The molecule has 1 heterocycles. The molecule has 0 saturated carbocycles. The van der Waals surface area contributed by atoms with Crippen LogP contribution in [-0.2, 0) is 9.59 Å². The zero-order chi connectivity index (χ0) is 10.1. The van der Waals surface area contributed by atoms with Gasteiger partial charge in [0.2, 0.25) is 11.8 Å². The molecule has 0 aliphatic carbocycles. The van der Waals surface area contributed by atoms with Gasteiger partial charge in [-0.1, -0.05) is 0 Å². The van der Waals surface area contributed by atoms with Crippen molar-refractivity contribution in [3.63, 3.8) is 0 Å². The fourth-order valence-corrected chi connectivity index (χ4v) is 1.97. The minimum Gasteiger partial charge on any atom is -0.357 e. The first kappa shape index (κ1) is 10.0. The SMILES string of the molecule is CNC(=O)[C@@]1(C)CCCN1C(C)=O. The molecule has 0 aromatic rings. The summed E-state index contributed by atoms with van der Waals surface area (Å²) in [6.07, 6.45) is 1.66. The van der Waals surface area contributed by atoms with E-state index in [-0.39, 0.29) is 11.8 Å². The molecule has 1 atom stereocenters. The van der Waals surface area contributed by atoms with E-state index in [4.69, 9.17) is 0 Å². The topological polar surface area (TPSA) is 49.4 Å². The molecule has 0 aromatic carbocycles. The summed E-state index contributed by atoms with van der Waals surface area (Å²) in [6.45, 7) is 4.02. The lowest BCUT2D eigenvalue weighted by molar-refractivity contribution is -0.142. The molecule has 1 aliphatic heterocycles. The zero-order valence-corrected chi connectivity index (χ0v) is 8.39. The van der Waals surface area contributed by atoms with E-state index in [1.54, 1.807) is 11.9 Å². The van der Waals surface area contributed by atoms with Gasteiger partial charge in [-0.3, -0.25) is 9.59 Å². The fraction of sp³-hybridized carbons (Fsp3) is 0.778. The van der Waals surface area contributed by atoms with E-state index in [0.717, 1.165) is 12.8 Å². The summed E-state index contributed by atoms with van der Waals surface area (Å²) in [5.41, 5.74) is -0.624. The number of nitrogens with zero attached hydrogens (tertiary/aromatic N) is 1. The molecule has 0 bridgehead atoms. The van der Waals surface area contributed by atoms with Crippen molar-refractivity contribution in [2.45, 2.75) is 32.2 Å². The molecular weight excluding hydrogens is 168 g/mol. The van der Waals surface area contributed by atoms with Crippen LogP contribution in [0.15, 0.2) is 0 Å². The van der Waals surface area contributed by atoms with Crippen molar-refractivity contribution in [2.75, 3.05) is 13.6 Å². The Labute approximate surface area is 78.3 Å². The summed E-state index contributed by atoms with van der Waals surface area (Å²) >= 11 is 0. The summed E-state index contributed by atoms with van der Waals surface area (Å²) < 4.78 is 0. The Balaban J connectivity index is 2.87. The van der Waals surface area contributed by atoms with Crippen molar-refractivity contribution in [3.05, 3.63) is 0 Å². The predicted octanol–water partition coefficient (Wildman–Crippen LogP) is 0.133. The van der Waals surface area contributed by atoms with Gasteiger partial charge in [-0.25, -0.2) is 0 Å². The Morgan fingerprint density at radius 1 is 1.46 bits per heavy atom. The van der Waals surface area contributed by atoms with Crippen LogP contribution < -0.4 is 5.32 Å². The van der Waals surface area contributed by atoms with Crippen LogP contribution in [0.1, 0.15) is 26.7 Å². The highest BCUT2D eigenvalue weighted by Gasteiger charge is 2.43. The summed E-state index contributed by atoms with van der Waals surface area (Å²) in [4.78, 5) is 24.4. The molecule has 1 fully saturated rings. The van der Waals surface area contributed by atoms with Crippen LogP contribution in [0.3, 0.4) is 0 Å². The average Bonchev–Trinajstić information content (AvgIpc) is 2.47. The smallest absolute Gasteiger partial charge is 0.245 e. The molecule has 1 saturated heterocycles. The number of likely N-dealkylation sites (N-methyl/N-ethyl adjacent to an activating group) is 1. The number of hydrogen-bond donors (Lipinski definition) is 1. The Morgan fingerprint density at radius 3 is 2.54 bits per heavy atom. The maximum Gasteiger partial charge on any atom is 0.245 e. The molecule has 74 valence electrons. The molecule has 0 aromatic heterocycles. The Bertz CT molecular complexity index is 240. The molecule has 2 amide bonds. The van der Waals surface area contributed by atoms with Crippen LogP contribution in [-0.4, -0.2) is 35.8 Å². The number of carbonyl (C=O) groups excluding carboxylic acids is 2. The lowest BCUT2D eigenvalue weighted by Crippen LogP contribution is -2.54. The van der Waals surface area contributed by atoms with Gasteiger partial charge in [0.05, 0.1) is 0 Å². The highest BCUT2D eigenvalue weighted by Crippen LogP contribution is 2.28. The number of likely N-dealkylation sites (tertiary alicyclic amines) is 1. The van der Waals surface area contributed by atoms with Crippen LogP contribution in [0.25, 0.3) is 0 Å². The largest absolute Gasteiger partial charge is 0.357 e. The molecule has 1 aliphatic rings. The second kappa shape index (κ2) is 3.36. The van der Waals surface area contributed by atoms with Crippen LogP contribution in [0.2, 0.25) is 0 Å². The van der Waals surface area contributed by atoms with E-state index >= 15 is 0 Å². The van der Waals surface area contributed by atoms with Crippen LogP contribution in [0.4, 0.5) is 0 Å². The van der Waals surface area contributed by atoms with Crippen molar-refractivity contribution in [1.82, 2.24) is 10.2 Å². The zero-order valence-electron chi connectivity index (χ0n) is 8.39. The average molecular weight is 184 g/mol. The lowest BCUT2D eigenvalue weighted by atomic mass is 9.98. The van der Waals surface area contributed by atoms with E-state index in [9.17, 15) is 9.59 Å². The molecule has 0 unspecified atom stereocenters. The van der Waals surface area contributed by atoms with E-state index in [1.807, 2.05) is 6.92 Å². The van der Waals surface area contributed by atoms with Gasteiger partial charge in [0, 0.05) is 20.5 Å². The van der Waals surface area contributed by atoms with Crippen molar-refractivity contribution < 1.29 is 9.59 Å². The first-order valence-corrected chi connectivity index (χ1v) is 4.53. The van der Waals surface area contributed by atoms with Crippen LogP contribution in [0, 0.1) is 0 Å². The Hall–Kier alpha value is -1.06.